The van der Waals surface area contributed by atoms with Crippen molar-refractivity contribution in [2.75, 3.05) is 20.1 Å². The van der Waals surface area contributed by atoms with Gasteiger partial charge in [-0.3, -0.25) is 19.8 Å². The predicted octanol–water partition coefficient (Wildman–Crippen LogP) is 3.56. The number of thiazole rings is 1. The van der Waals surface area contributed by atoms with E-state index in [4.69, 9.17) is 0 Å². The Hall–Kier alpha value is -2.84. The second-order valence-electron chi connectivity index (χ2n) is 6.62. The largest absolute Gasteiger partial charge is 0.355 e. The molecule has 3 aromatic rings. The third-order valence-electron chi connectivity index (χ3n) is 4.62. The molecule has 0 saturated carbocycles. The van der Waals surface area contributed by atoms with Crippen LogP contribution in [0.25, 0.3) is 10.2 Å². The van der Waals surface area contributed by atoms with Crippen molar-refractivity contribution in [3.05, 3.63) is 69.2 Å². The highest BCUT2D eigenvalue weighted by Gasteiger charge is 2.17. The van der Waals surface area contributed by atoms with Gasteiger partial charge in [0.2, 0.25) is 5.91 Å². The zero-order valence-electron chi connectivity index (χ0n) is 15.8. The van der Waals surface area contributed by atoms with E-state index in [1.165, 1.54) is 6.07 Å². The molecule has 8 heteroatoms. The lowest BCUT2D eigenvalue weighted by molar-refractivity contribution is -0.384. The van der Waals surface area contributed by atoms with Crippen molar-refractivity contribution in [1.29, 1.82) is 0 Å². The van der Waals surface area contributed by atoms with Gasteiger partial charge in [-0.15, -0.1) is 11.3 Å². The van der Waals surface area contributed by atoms with Crippen molar-refractivity contribution in [3.8, 4) is 0 Å². The van der Waals surface area contributed by atoms with E-state index in [0.29, 0.717) is 13.0 Å². The number of carbonyl (C=O) groups is 1. The maximum atomic E-state index is 12.2. The van der Waals surface area contributed by atoms with Crippen LogP contribution in [-0.2, 0) is 11.2 Å². The van der Waals surface area contributed by atoms with E-state index in [0.717, 1.165) is 20.8 Å². The number of para-hydroxylation sites is 1. The second-order valence-corrected chi connectivity index (χ2v) is 7.73. The van der Waals surface area contributed by atoms with Crippen LogP contribution in [-0.4, -0.2) is 40.9 Å². The molecule has 2 aromatic carbocycles. The molecule has 1 heterocycles. The van der Waals surface area contributed by atoms with E-state index in [1.54, 1.807) is 23.5 Å². The van der Waals surface area contributed by atoms with Gasteiger partial charge in [0.05, 0.1) is 26.7 Å². The normalized spacial score (nSPS) is 12.2. The first-order chi connectivity index (χ1) is 13.4. The quantitative estimate of drug-likeness (QED) is 0.463. The van der Waals surface area contributed by atoms with Crippen LogP contribution in [0.1, 0.15) is 23.5 Å². The number of fused-ring (bicyclic) bond motifs is 1. The van der Waals surface area contributed by atoms with E-state index >= 15 is 0 Å². The minimum absolute atomic E-state index is 0.0537. The van der Waals surface area contributed by atoms with Crippen LogP contribution >= 0.6 is 11.3 Å². The molecule has 1 unspecified atom stereocenters. The molecule has 0 aliphatic rings. The highest BCUT2D eigenvalue weighted by Crippen LogP contribution is 2.23. The summed E-state index contributed by atoms with van der Waals surface area (Å²) in [7, 11) is 1.83. The number of carbonyl (C=O) groups excluding carboxylic acids is 1. The van der Waals surface area contributed by atoms with Gasteiger partial charge < -0.3 is 5.32 Å². The van der Waals surface area contributed by atoms with Gasteiger partial charge in [-0.25, -0.2) is 4.98 Å². The van der Waals surface area contributed by atoms with E-state index < -0.39 is 4.92 Å². The van der Waals surface area contributed by atoms with Crippen LogP contribution in [0, 0.1) is 10.1 Å². The Morgan fingerprint density at radius 3 is 2.82 bits per heavy atom. The third kappa shape index (κ3) is 4.90. The van der Waals surface area contributed by atoms with Crippen LogP contribution in [0.15, 0.2) is 48.5 Å². The van der Waals surface area contributed by atoms with Gasteiger partial charge in [-0.2, -0.15) is 0 Å². The molecule has 0 bridgehead atoms. The summed E-state index contributed by atoms with van der Waals surface area (Å²) in [6, 6.07) is 14.4. The first-order valence-electron chi connectivity index (χ1n) is 9.00. The third-order valence-corrected chi connectivity index (χ3v) is 5.71. The summed E-state index contributed by atoms with van der Waals surface area (Å²) in [5, 5.41) is 14.9. The maximum absolute atomic E-state index is 12.2. The highest BCUT2D eigenvalue weighted by molar-refractivity contribution is 7.18. The van der Waals surface area contributed by atoms with Gasteiger partial charge in [-0.1, -0.05) is 24.3 Å². The number of amides is 1. The van der Waals surface area contributed by atoms with Crippen LogP contribution in [0.2, 0.25) is 0 Å². The molecule has 146 valence electrons. The lowest BCUT2D eigenvalue weighted by Crippen LogP contribution is -2.37. The number of likely N-dealkylation sites (N-methyl/N-ethyl adjacent to an activating group) is 1. The SMILES string of the molecule is CC(c1cccc([N+](=O)[O-])c1)N(C)CC(=O)NCCc1nc2ccccc2s1. The molecule has 0 saturated heterocycles. The Morgan fingerprint density at radius 1 is 1.29 bits per heavy atom. The Kier molecular flexibility index (Phi) is 6.33. The number of hydrogen-bond acceptors (Lipinski definition) is 6. The van der Waals surface area contributed by atoms with Crippen molar-refractivity contribution in [3.63, 3.8) is 0 Å². The monoisotopic (exact) mass is 398 g/mol. The lowest BCUT2D eigenvalue weighted by atomic mass is 10.1. The summed E-state index contributed by atoms with van der Waals surface area (Å²) in [6.45, 7) is 2.66. The van der Waals surface area contributed by atoms with Crippen molar-refractivity contribution in [2.24, 2.45) is 0 Å². The van der Waals surface area contributed by atoms with Gasteiger partial charge in [-0.05, 0) is 31.7 Å². The van der Waals surface area contributed by atoms with Crippen molar-refractivity contribution in [2.45, 2.75) is 19.4 Å². The minimum atomic E-state index is -0.412. The molecule has 0 spiro atoms. The number of nitrogens with zero attached hydrogens (tertiary/aromatic N) is 3. The number of non-ortho nitro benzene ring substituents is 1. The summed E-state index contributed by atoms with van der Waals surface area (Å²) < 4.78 is 1.15. The summed E-state index contributed by atoms with van der Waals surface area (Å²) in [5.74, 6) is -0.0825. The fourth-order valence-corrected chi connectivity index (χ4v) is 3.87. The first kappa shape index (κ1) is 19.9. The van der Waals surface area contributed by atoms with Gasteiger partial charge >= 0.3 is 0 Å². The van der Waals surface area contributed by atoms with Crippen molar-refractivity contribution in [1.82, 2.24) is 15.2 Å². The highest BCUT2D eigenvalue weighted by atomic mass is 32.1. The molecule has 0 aliphatic carbocycles. The Labute approximate surface area is 167 Å². The molecule has 1 amide bonds. The molecule has 3 rings (SSSR count). The number of nitrogens with one attached hydrogen (secondary N) is 1. The molecule has 1 N–H and O–H groups in total. The second kappa shape index (κ2) is 8.90. The zero-order valence-corrected chi connectivity index (χ0v) is 16.6. The average Bonchev–Trinajstić information content (AvgIpc) is 3.10. The topological polar surface area (TPSA) is 88.4 Å². The van der Waals surface area contributed by atoms with Crippen LogP contribution in [0.4, 0.5) is 5.69 Å². The van der Waals surface area contributed by atoms with E-state index in [1.807, 2.05) is 49.2 Å². The smallest absolute Gasteiger partial charge is 0.269 e. The molecule has 1 aromatic heterocycles. The number of nitro benzene ring substituents is 1. The molecular weight excluding hydrogens is 376 g/mol. The Balaban J connectivity index is 1.49. The summed E-state index contributed by atoms with van der Waals surface area (Å²) in [6.07, 6.45) is 0.690. The van der Waals surface area contributed by atoms with E-state index in [2.05, 4.69) is 10.3 Å². The fraction of sp³-hybridized carbons (Fsp3) is 0.300. The summed E-state index contributed by atoms with van der Waals surface area (Å²) in [4.78, 5) is 29.2. The zero-order chi connectivity index (χ0) is 20.1. The maximum Gasteiger partial charge on any atom is 0.269 e. The predicted molar refractivity (Wildman–Crippen MR) is 110 cm³/mol. The fourth-order valence-electron chi connectivity index (χ4n) is 2.91. The lowest BCUT2D eigenvalue weighted by Gasteiger charge is -2.24. The molecule has 0 fully saturated rings. The van der Waals surface area contributed by atoms with Gasteiger partial charge in [0.15, 0.2) is 0 Å². The molecular formula is C20H22N4O3S. The van der Waals surface area contributed by atoms with Crippen molar-refractivity contribution < 1.29 is 9.72 Å². The first-order valence-corrected chi connectivity index (χ1v) is 9.81. The number of benzene rings is 2. The number of rotatable bonds is 8. The molecule has 7 nitrogen and oxygen atoms in total. The Morgan fingerprint density at radius 2 is 2.07 bits per heavy atom. The van der Waals surface area contributed by atoms with E-state index in [-0.39, 0.29) is 24.2 Å². The summed E-state index contributed by atoms with van der Waals surface area (Å²) in [5.41, 5.74) is 1.84. The standard InChI is InChI=1S/C20H22N4O3S/c1-14(15-6-5-7-16(12-15)24(26)27)23(2)13-19(25)21-11-10-20-22-17-8-3-4-9-18(17)28-20/h3-9,12,14H,10-11,13H2,1-2H3,(H,21,25). The number of aromatic nitrogens is 1. The number of hydrogen-bond donors (Lipinski definition) is 1. The Bertz CT molecular complexity index is 955. The molecule has 1 atom stereocenters. The molecule has 28 heavy (non-hydrogen) atoms. The van der Waals surface area contributed by atoms with Crippen molar-refractivity contribution >= 4 is 33.1 Å². The van der Waals surface area contributed by atoms with Gasteiger partial charge in [0.25, 0.3) is 5.69 Å². The molecule has 0 aliphatic heterocycles. The average molecular weight is 398 g/mol. The van der Waals surface area contributed by atoms with Crippen LogP contribution in [0.3, 0.4) is 0 Å². The number of nitro groups is 1. The van der Waals surface area contributed by atoms with Crippen LogP contribution in [0.5, 0.6) is 0 Å². The summed E-state index contributed by atoms with van der Waals surface area (Å²) >= 11 is 1.64. The van der Waals surface area contributed by atoms with Gasteiger partial charge in [0.1, 0.15) is 0 Å². The van der Waals surface area contributed by atoms with Crippen LogP contribution < -0.4 is 5.32 Å². The molecule has 0 radical (unpaired) electrons. The minimum Gasteiger partial charge on any atom is -0.355 e. The van der Waals surface area contributed by atoms with E-state index in [9.17, 15) is 14.9 Å². The van der Waals surface area contributed by atoms with Gasteiger partial charge in [0, 0.05) is 31.1 Å².